The zero-order valence-electron chi connectivity index (χ0n) is 8.67. The molecule has 4 heteroatoms. The van der Waals surface area contributed by atoms with Gasteiger partial charge in [0.05, 0.1) is 16.4 Å². The molecule has 0 amide bonds. The highest BCUT2D eigenvalue weighted by Crippen LogP contribution is 2.33. The van der Waals surface area contributed by atoms with Gasteiger partial charge in [0, 0.05) is 6.54 Å². The number of nitrogen functional groups attached to an aromatic ring is 1. The monoisotopic (exact) mass is 269 g/mol. The van der Waals surface area contributed by atoms with Gasteiger partial charge in [-0.25, -0.2) is 4.98 Å². The van der Waals surface area contributed by atoms with Crippen LogP contribution in [-0.4, -0.2) is 11.5 Å². The molecule has 1 aliphatic carbocycles. The number of nitrogens with zero attached hydrogens (tertiary/aromatic N) is 1. The van der Waals surface area contributed by atoms with Gasteiger partial charge in [-0.3, -0.25) is 0 Å². The highest BCUT2D eigenvalue weighted by Gasteiger charge is 2.19. The zero-order chi connectivity index (χ0) is 10.7. The largest absolute Gasteiger partial charge is 0.397 e. The van der Waals surface area contributed by atoms with Gasteiger partial charge in [0.25, 0.3) is 0 Å². The van der Waals surface area contributed by atoms with Crippen molar-refractivity contribution in [2.75, 3.05) is 17.6 Å². The van der Waals surface area contributed by atoms with Crippen LogP contribution in [0.3, 0.4) is 0 Å². The van der Waals surface area contributed by atoms with Crippen molar-refractivity contribution in [3.8, 4) is 0 Å². The number of pyridine rings is 1. The van der Waals surface area contributed by atoms with E-state index in [0.29, 0.717) is 5.69 Å². The van der Waals surface area contributed by atoms with E-state index in [9.17, 15) is 0 Å². The van der Waals surface area contributed by atoms with Gasteiger partial charge in [-0.05, 0) is 40.8 Å². The van der Waals surface area contributed by atoms with E-state index in [2.05, 4.69) is 26.2 Å². The second-order valence-electron chi connectivity index (χ2n) is 4.11. The Morgan fingerprint density at radius 2 is 2.33 bits per heavy atom. The van der Waals surface area contributed by atoms with Gasteiger partial charge in [-0.1, -0.05) is 12.8 Å². The van der Waals surface area contributed by atoms with Crippen LogP contribution in [0.4, 0.5) is 11.5 Å². The Kier molecular flexibility index (Phi) is 3.46. The minimum atomic E-state index is 0.686. The predicted molar refractivity (Wildman–Crippen MR) is 66.8 cm³/mol. The molecule has 0 saturated heterocycles. The molecule has 2 rings (SSSR count). The Labute approximate surface area is 98.6 Å². The van der Waals surface area contributed by atoms with E-state index < -0.39 is 0 Å². The Morgan fingerprint density at radius 1 is 1.53 bits per heavy atom. The van der Waals surface area contributed by atoms with E-state index >= 15 is 0 Å². The van der Waals surface area contributed by atoms with Crippen molar-refractivity contribution in [3.05, 3.63) is 16.7 Å². The number of aromatic nitrogens is 1. The summed E-state index contributed by atoms with van der Waals surface area (Å²) >= 11 is 3.44. The van der Waals surface area contributed by atoms with Crippen LogP contribution in [0, 0.1) is 5.92 Å². The van der Waals surface area contributed by atoms with Crippen LogP contribution in [0.5, 0.6) is 0 Å². The minimum Gasteiger partial charge on any atom is -0.397 e. The number of nitrogens with two attached hydrogens (primary N) is 1. The Morgan fingerprint density at radius 3 is 3.00 bits per heavy atom. The van der Waals surface area contributed by atoms with Crippen LogP contribution in [0.15, 0.2) is 16.7 Å². The average molecular weight is 270 g/mol. The topological polar surface area (TPSA) is 50.9 Å². The van der Waals surface area contributed by atoms with Crippen LogP contribution in [0.1, 0.15) is 25.7 Å². The van der Waals surface area contributed by atoms with E-state index in [1.807, 2.05) is 6.07 Å². The molecule has 0 bridgehead atoms. The van der Waals surface area contributed by atoms with Crippen LogP contribution >= 0.6 is 15.9 Å². The standard InChI is InChI=1S/C11H16BrN3/c12-10-6-9(13)7-15-11(10)14-5-1-2-8-3-4-8/h6-8H,1-5,13H2,(H,14,15). The summed E-state index contributed by atoms with van der Waals surface area (Å²) < 4.78 is 0.939. The van der Waals surface area contributed by atoms with Gasteiger partial charge >= 0.3 is 0 Å². The van der Waals surface area contributed by atoms with Gasteiger partial charge in [0.15, 0.2) is 0 Å². The Hall–Kier alpha value is -0.770. The minimum absolute atomic E-state index is 0.686. The fourth-order valence-corrected chi connectivity index (χ4v) is 2.09. The molecule has 3 nitrogen and oxygen atoms in total. The molecule has 0 aliphatic heterocycles. The molecule has 0 unspecified atom stereocenters. The number of hydrogen-bond acceptors (Lipinski definition) is 3. The van der Waals surface area contributed by atoms with Gasteiger partial charge in [0.2, 0.25) is 0 Å². The molecule has 1 aromatic rings. The van der Waals surface area contributed by atoms with E-state index in [4.69, 9.17) is 5.73 Å². The first-order valence-electron chi connectivity index (χ1n) is 5.40. The van der Waals surface area contributed by atoms with Crippen LogP contribution in [0.2, 0.25) is 0 Å². The molecule has 1 fully saturated rings. The average Bonchev–Trinajstić information content (AvgIpc) is 2.99. The molecule has 1 aromatic heterocycles. The highest BCUT2D eigenvalue weighted by atomic mass is 79.9. The van der Waals surface area contributed by atoms with E-state index in [1.54, 1.807) is 6.20 Å². The Bertz CT molecular complexity index is 337. The summed E-state index contributed by atoms with van der Waals surface area (Å²) in [5, 5.41) is 3.31. The van der Waals surface area contributed by atoms with E-state index in [1.165, 1.54) is 25.7 Å². The summed E-state index contributed by atoms with van der Waals surface area (Å²) in [6.07, 6.45) is 7.12. The summed E-state index contributed by atoms with van der Waals surface area (Å²) in [5.41, 5.74) is 6.30. The Balaban J connectivity index is 1.76. The maximum absolute atomic E-state index is 5.61. The lowest BCUT2D eigenvalue weighted by atomic mass is 10.2. The normalized spacial score (nSPS) is 15.3. The molecule has 82 valence electrons. The third kappa shape index (κ3) is 3.38. The molecule has 3 N–H and O–H groups in total. The molecule has 0 radical (unpaired) electrons. The number of halogens is 1. The molecule has 0 atom stereocenters. The number of rotatable bonds is 5. The van der Waals surface area contributed by atoms with Crippen LogP contribution in [0.25, 0.3) is 0 Å². The fourth-order valence-electron chi connectivity index (χ4n) is 1.59. The second-order valence-corrected chi connectivity index (χ2v) is 4.97. The third-order valence-electron chi connectivity index (χ3n) is 2.64. The van der Waals surface area contributed by atoms with E-state index in [-0.39, 0.29) is 0 Å². The molecule has 1 aliphatic rings. The van der Waals surface area contributed by atoms with Crippen molar-refractivity contribution < 1.29 is 0 Å². The van der Waals surface area contributed by atoms with Gasteiger partial charge in [-0.2, -0.15) is 0 Å². The fraction of sp³-hybridized carbons (Fsp3) is 0.545. The molecule has 1 saturated carbocycles. The lowest BCUT2D eigenvalue weighted by molar-refractivity contribution is 0.686. The summed E-state index contributed by atoms with van der Waals surface area (Å²) in [6, 6.07) is 1.87. The summed E-state index contributed by atoms with van der Waals surface area (Å²) in [6.45, 7) is 0.992. The van der Waals surface area contributed by atoms with Crippen LogP contribution < -0.4 is 11.1 Å². The second kappa shape index (κ2) is 4.84. The smallest absolute Gasteiger partial charge is 0.140 e. The lowest BCUT2D eigenvalue weighted by Gasteiger charge is -2.07. The quantitative estimate of drug-likeness (QED) is 0.808. The highest BCUT2D eigenvalue weighted by molar-refractivity contribution is 9.10. The molecule has 1 heterocycles. The summed E-state index contributed by atoms with van der Waals surface area (Å²) in [7, 11) is 0. The molecule has 0 aromatic carbocycles. The summed E-state index contributed by atoms with van der Waals surface area (Å²) in [4.78, 5) is 4.23. The number of anilines is 2. The van der Waals surface area contributed by atoms with E-state index in [0.717, 1.165) is 22.8 Å². The lowest BCUT2D eigenvalue weighted by Crippen LogP contribution is -2.04. The number of hydrogen-bond donors (Lipinski definition) is 2. The van der Waals surface area contributed by atoms with Gasteiger partial charge in [0.1, 0.15) is 5.82 Å². The van der Waals surface area contributed by atoms with Crippen molar-refractivity contribution in [2.24, 2.45) is 5.92 Å². The SMILES string of the molecule is Nc1cnc(NCCCC2CC2)c(Br)c1. The first-order valence-corrected chi connectivity index (χ1v) is 6.20. The van der Waals surface area contributed by atoms with Crippen molar-refractivity contribution >= 4 is 27.4 Å². The maximum atomic E-state index is 5.61. The first-order chi connectivity index (χ1) is 7.25. The molecular weight excluding hydrogens is 254 g/mol. The first kappa shape index (κ1) is 10.7. The third-order valence-corrected chi connectivity index (χ3v) is 3.25. The molecule has 15 heavy (non-hydrogen) atoms. The van der Waals surface area contributed by atoms with Crippen molar-refractivity contribution in [1.82, 2.24) is 4.98 Å². The number of nitrogens with one attached hydrogen (secondary N) is 1. The molecular formula is C11H16BrN3. The van der Waals surface area contributed by atoms with Gasteiger partial charge in [-0.15, -0.1) is 0 Å². The van der Waals surface area contributed by atoms with Gasteiger partial charge < -0.3 is 11.1 Å². The van der Waals surface area contributed by atoms with Crippen molar-refractivity contribution in [2.45, 2.75) is 25.7 Å². The maximum Gasteiger partial charge on any atom is 0.140 e. The van der Waals surface area contributed by atoms with Crippen molar-refractivity contribution in [1.29, 1.82) is 0 Å². The zero-order valence-corrected chi connectivity index (χ0v) is 10.3. The van der Waals surface area contributed by atoms with Crippen LogP contribution in [-0.2, 0) is 0 Å². The predicted octanol–water partition coefficient (Wildman–Crippen LogP) is 3.03. The van der Waals surface area contributed by atoms with Crippen molar-refractivity contribution in [3.63, 3.8) is 0 Å². The molecule has 0 spiro atoms. The summed E-state index contributed by atoms with van der Waals surface area (Å²) in [5.74, 6) is 1.90.